The first-order valence-electron chi connectivity index (χ1n) is 4.69. The minimum atomic E-state index is -0.971. The van der Waals surface area contributed by atoms with E-state index in [4.69, 9.17) is 9.94 Å². The fourth-order valence-electron chi connectivity index (χ4n) is 1.50. The Labute approximate surface area is 87.2 Å². The third kappa shape index (κ3) is 1.98. The fraction of sp³-hybridized carbons (Fsp3) is 0.273. The molecule has 1 N–H and O–H groups in total. The van der Waals surface area contributed by atoms with Crippen molar-refractivity contribution in [2.45, 2.75) is 19.4 Å². The second-order valence-electron chi connectivity index (χ2n) is 3.54. The predicted octanol–water partition coefficient (Wildman–Crippen LogP) is 1.57. The third-order valence-corrected chi connectivity index (χ3v) is 2.30. The molecule has 78 valence electrons. The van der Waals surface area contributed by atoms with Crippen molar-refractivity contribution >= 4 is 11.7 Å². The quantitative estimate of drug-likeness (QED) is 0.797. The van der Waals surface area contributed by atoms with Crippen molar-refractivity contribution in [2.24, 2.45) is 5.16 Å². The zero-order valence-electron chi connectivity index (χ0n) is 8.30. The highest BCUT2D eigenvalue weighted by Crippen LogP contribution is 2.17. The first-order chi connectivity index (χ1) is 7.16. The number of carbonyl (C=O) groups is 1. The Morgan fingerprint density at radius 3 is 3.00 bits per heavy atom. The van der Waals surface area contributed by atoms with Crippen LogP contribution in [-0.2, 0) is 9.63 Å². The molecule has 1 aromatic carbocycles. The van der Waals surface area contributed by atoms with Crippen LogP contribution in [0.15, 0.2) is 29.4 Å². The molecule has 2 rings (SSSR count). The molecule has 0 bridgehead atoms. The van der Waals surface area contributed by atoms with Gasteiger partial charge in [-0.05, 0) is 12.5 Å². The summed E-state index contributed by atoms with van der Waals surface area (Å²) >= 11 is 0. The van der Waals surface area contributed by atoms with Crippen molar-refractivity contribution in [3.8, 4) is 0 Å². The second kappa shape index (κ2) is 3.73. The lowest BCUT2D eigenvalue weighted by Gasteiger charge is -2.00. The number of carboxylic acids is 1. The fourth-order valence-corrected chi connectivity index (χ4v) is 1.50. The number of rotatable bonds is 2. The van der Waals surface area contributed by atoms with E-state index in [1.54, 1.807) is 0 Å². The normalized spacial score (nSPS) is 19.5. The van der Waals surface area contributed by atoms with E-state index in [1.807, 2.05) is 31.2 Å². The van der Waals surface area contributed by atoms with Gasteiger partial charge in [-0.1, -0.05) is 35.0 Å². The van der Waals surface area contributed by atoms with Gasteiger partial charge in [-0.15, -0.1) is 0 Å². The second-order valence-corrected chi connectivity index (χ2v) is 3.54. The van der Waals surface area contributed by atoms with Crippen LogP contribution in [0.2, 0.25) is 0 Å². The van der Waals surface area contributed by atoms with Gasteiger partial charge in [-0.3, -0.25) is 0 Å². The molecule has 0 radical (unpaired) electrons. The highest BCUT2D eigenvalue weighted by Gasteiger charge is 2.28. The van der Waals surface area contributed by atoms with Crippen molar-refractivity contribution in [3.05, 3.63) is 35.4 Å². The van der Waals surface area contributed by atoms with Gasteiger partial charge >= 0.3 is 5.97 Å². The van der Waals surface area contributed by atoms with Crippen molar-refractivity contribution in [2.75, 3.05) is 0 Å². The molecule has 1 aliphatic heterocycles. The summed E-state index contributed by atoms with van der Waals surface area (Å²) in [6.45, 7) is 1.98. The van der Waals surface area contributed by atoms with Crippen LogP contribution < -0.4 is 0 Å². The molecule has 1 aliphatic rings. The van der Waals surface area contributed by atoms with Crippen molar-refractivity contribution in [1.29, 1.82) is 0 Å². The van der Waals surface area contributed by atoms with Gasteiger partial charge in [0, 0.05) is 6.42 Å². The third-order valence-electron chi connectivity index (χ3n) is 2.30. The molecule has 1 heterocycles. The van der Waals surface area contributed by atoms with E-state index in [1.165, 1.54) is 0 Å². The smallest absolute Gasteiger partial charge is 0.348 e. The average molecular weight is 205 g/mol. The number of hydrogen-bond acceptors (Lipinski definition) is 3. The van der Waals surface area contributed by atoms with E-state index >= 15 is 0 Å². The number of carboxylic acid groups (broad SMARTS) is 1. The van der Waals surface area contributed by atoms with Crippen LogP contribution in [0.4, 0.5) is 0 Å². The summed E-state index contributed by atoms with van der Waals surface area (Å²) < 4.78 is 0. The lowest BCUT2D eigenvalue weighted by atomic mass is 10.0. The number of benzene rings is 1. The predicted molar refractivity (Wildman–Crippen MR) is 54.8 cm³/mol. The zero-order chi connectivity index (χ0) is 10.8. The molecule has 0 amide bonds. The SMILES string of the molecule is Cc1cccc(C2=NOC(C(=O)O)C2)c1. The van der Waals surface area contributed by atoms with E-state index in [0.29, 0.717) is 12.1 Å². The molecule has 0 saturated carbocycles. The maximum Gasteiger partial charge on any atom is 0.348 e. The van der Waals surface area contributed by atoms with Crippen LogP contribution in [0.3, 0.4) is 0 Å². The summed E-state index contributed by atoms with van der Waals surface area (Å²) in [4.78, 5) is 15.5. The lowest BCUT2D eigenvalue weighted by molar-refractivity contribution is -0.148. The van der Waals surface area contributed by atoms with Crippen LogP contribution in [0, 0.1) is 6.92 Å². The Morgan fingerprint density at radius 2 is 2.40 bits per heavy atom. The van der Waals surface area contributed by atoms with Crippen molar-refractivity contribution in [3.63, 3.8) is 0 Å². The molecule has 0 spiro atoms. The molecule has 4 nitrogen and oxygen atoms in total. The minimum Gasteiger partial charge on any atom is -0.478 e. The molecular weight excluding hydrogens is 194 g/mol. The van der Waals surface area contributed by atoms with Gasteiger partial charge in [-0.25, -0.2) is 4.79 Å². The van der Waals surface area contributed by atoms with E-state index < -0.39 is 12.1 Å². The van der Waals surface area contributed by atoms with Gasteiger partial charge in [0.15, 0.2) is 0 Å². The first kappa shape index (κ1) is 9.71. The molecule has 1 aromatic rings. The first-order valence-corrected chi connectivity index (χ1v) is 4.69. The van der Waals surface area contributed by atoms with Crippen molar-refractivity contribution in [1.82, 2.24) is 0 Å². The van der Waals surface area contributed by atoms with E-state index in [2.05, 4.69) is 5.16 Å². The van der Waals surface area contributed by atoms with Gasteiger partial charge in [0.2, 0.25) is 6.10 Å². The van der Waals surface area contributed by atoms with E-state index in [-0.39, 0.29) is 0 Å². The Bertz CT molecular complexity index is 426. The lowest BCUT2D eigenvalue weighted by Crippen LogP contribution is -2.19. The van der Waals surface area contributed by atoms with Crippen LogP contribution in [0.1, 0.15) is 17.5 Å². The van der Waals surface area contributed by atoms with Crippen LogP contribution in [-0.4, -0.2) is 22.9 Å². The molecule has 1 atom stereocenters. The zero-order valence-corrected chi connectivity index (χ0v) is 8.30. The van der Waals surface area contributed by atoms with Crippen LogP contribution in [0.5, 0.6) is 0 Å². The molecule has 0 saturated heterocycles. The average Bonchev–Trinajstić information content (AvgIpc) is 2.66. The largest absolute Gasteiger partial charge is 0.478 e. The monoisotopic (exact) mass is 205 g/mol. The Kier molecular flexibility index (Phi) is 2.41. The Hall–Kier alpha value is -1.84. The number of nitrogens with zero attached hydrogens (tertiary/aromatic N) is 1. The molecule has 0 aliphatic carbocycles. The molecule has 15 heavy (non-hydrogen) atoms. The van der Waals surface area contributed by atoms with Gasteiger partial charge in [-0.2, -0.15) is 0 Å². The molecule has 4 heteroatoms. The maximum absolute atomic E-state index is 10.6. The summed E-state index contributed by atoms with van der Waals surface area (Å²) in [6.07, 6.45) is -0.501. The summed E-state index contributed by atoms with van der Waals surface area (Å²) in [7, 11) is 0. The van der Waals surface area contributed by atoms with E-state index in [9.17, 15) is 4.79 Å². The molecule has 0 fully saturated rings. The summed E-state index contributed by atoms with van der Waals surface area (Å²) in [6, 6.07) is 7.77. The molecule has 0 aromatic heterocycles. The summed E-state index contributed by atoms with van der Waals surface area (Å²) in [5.41, 5.74) is 2.75. The standard InChI is InChI=1S/C11H11NO3/c1-7-3-2-4-8(5-7)9-6-10(11(13)14)15-12-9/h2-5,10H,6H2,1H3,(H,13,14). The van der Waals surface area contributed by atoms with Gasteiger partial charge in [0.25, 0.3) is 0 Å². The minimum absolute atomic E-state index is 0.332. The Morgan fingerprint density at radius 1 is 1.60 bits per heavy atom. The number of oxime groups is 1. The van der Waals surface area contributed by atoms with Crippen LogP contribution in [0.25, 0.3) is 0 Å². The van der Waals surface area contributed by atoms with Gasteiger partial charge < -0.3 is 9.94 Å². The molecule has 1 unspecified atom stereocenters. The van der Waals surface area contributed by atoms with Gasteiger partial charge in [0.1, 0.15) is 0 Å². The summed E-state index contributed by atoms with van der Waals surface area (Å²) in [5, 5.41) is 12.5. The number of aliphatic carboxylic acids is 1. The summed E-state index contributed by atoms with van der Waals surface area (Å²) in [5.74, 6) is -0.971. The van der Waals surface area contributed by atoms with Crippen LogP contribution >= 0.6 is 0 Å². The molecular formula is C11H11NO3. The van der Waals surface area contributed by atoms with E-state index in [0.717, 1.165) is 11.1 Å². The number of hydrogen-bond donors (Lipinski definition) is 1. The Balaban J connectivity index is 2.17. The maximum atomic E-state index is 10.6. The highest BCUT2D eigenvalue weighted by atomic mass is 16.7. The van der Waals surface area contributed by atoms with Crippen molar-refractivity contribution < 1.29 is 14.7 Å². The number of aryl methyl sites for hydroxylation is 1. The topological polar surface area (TPSA) is 58.9 Å². The van der Waals surface area contributed by atoms with Gasteiger partial charge in [0.05, 0.1) is 5.71 Å². The highest BCUT2D eigenvalue weighted by molar-refractivity contribution is 6.03.